The Kier molecular flexibility index (Phi) is 4.57. The molecule has 7 heteroatoms. The van der Waals surface area contributed by atoms with Crippen molar-refractivity contribution in [3.8, 4) is 11.3 Å². The topological polar surface area (TPSA) is 89.4 Å². The Morgan fingerprint density at radius 2 is 2.08 bits per heavy atom. The summed E-state index contributed by atoms with van der Waals surface area (Å²) in [5, 5.41) is 4.39. The van der Waals surface area contributed by atoms with Crippen molar-refractivity contribution in [2.24, 2.45) is 11.7 Å². The van der Waals surface area contributed by atoms with Crippen LogP contribution in [0, 0.1) is 5.92 Å². The molecule has 0 spiro atoms. The summed E-state index contributed by atoms with van der Waals surface area (Å²) in [7, 11) is 0. The van der Waals surface area contributed by atoms with Gasteiger partial charge in [-0.05, 0) is 31.9 Å². The van der Waals surface area contributed by atoms with Gasteiger partial charge in [-0.3, -0.25) is 9.59 Å². The molecule has 2 N–H and O–H groups in total. The number of rotatable bonds is 3. The number of nitrogens with two attached hydrogens (primary N) is 1. The van der Waals surface area contributed by atoms with Crippen molar-refractivity contribution in [1.29, 1.82) is 0 Å². The molecule has 1 aromatic heterocycles. The first-order valence-electron chi connectivity index (χ1n) is 7.79. The van der Waals surface area contributed by atoms with Crippen molar-refractivity contribution in [1.82, 2.24) is 10.1 Å². The largest absolute Gasteiger partial charge is 0.369 e. The predicted octanol–water partition coefficient (Wildman–Crippen LogP) is 2.72. The Labute approximate surface area is 144 Å². The highest BCUT2D eigenvalue weighted by atomic mass is 35.5. The molecule has 0 radical (unpaired) electrons. The Balaban J connectivity index is 1.83. The quantitative estimate of drug-likeness (QED) is 0.924. The Hall–Kier alpha value is -2.34. The number of piperidine rings is 1. The lowest BCUT2D eigenvalue weighted by Gasteiger charge is -2.36. The van der Waals surface area contributed by atoms with Crippen molar-refractivity contribution in [2.75, 3.05) is 6.54 Å². The van der Waals surface area contributed by atoms with Gasteiger partial charge in [0.2, 0.25) is 5.91 Å². The fraction of sp³-hybridized carbons (Fsp3) is 0.353. The third kappa shape index (κ3) is 3.14. The fourth-order valence-electron chi connectivity index (χ4n) is 2.93. The molecule has 3 rings (SSSR count). The van der Waals surface area contributed by atoms with E-state index in [1.807, 2.05) is 19.1 Å². The minimum absolute atomic E-state index is 0.0218. The molecule has 126 valence electrons. The minimum atomic E-state index is -0.378. The minimum Gasteiger partial charge on any atom is -0.369 e. The summed E-state index contributed by atoms with van der Waals surface area (Å²) in [4.78, 5) is 25.8. The highest BCUT2D eigenvalue weighted by molar-refractivity contribution is 6.33. The van der Waals surface area contributed by atoms with E-state index in [0.29, 0.717) is 29.3 Å². The summed E-state index contributed by atoms with van der Waals surface area (Å²) < 4.78 is 5.28. The average molecular weight is 348 g/mol. The summed E-state index contributed by atoms with van der Waals surface area (Å²) in [6, 6.07) is 8.77. The van der Waals surface area contributed by atoms with Crippen LogP contribution in [0.1, 0.15) is 30.3 Å². The van der Waals surface area contributed by atoms with E-state index >= 15 is 0 Å². The van der Waals surface area contributed by atoms with Gasteiger partial charge in [0, 0.05) is 24.2 Å². The molecule has 24 heavy (non-hydrogen) atoms. The molecule has 2 aromatic rings. The number of carbonyl (C=O) groups is 2. The summed E-state index contributed by atoms with van der Waals surface area (Å²) in [6.45, 7) is 2.26. The maximum absolute atomic E-state index is 12.7. The second-order valence-corrected chi connectivity index (χ2v) is 6.45. The molecule has 0 aliphatic carbocycles. The molecule has 1 fully saturated rings. The van der Waals surface area contributed by atoms with E-state index in [0.717, 1.165) is 6.42 Å². The summed E-state index contributed by atoms with van der Waals surface area (Å²) in [6.07, 6.45) is 1.43. The predicted molar refractivity (Wildman–Crippen MR) is 89.4 cm³/mol. The first kappa shape index (κ1) is 16.5. The molecular formula is C17H18ClN3O3. The van der Waals surface area contributed by atoms with Gasteiger partial charge < -0.3 is 15.2 Å². The van der Waals surface area contributed by atoms with Gasteiger partial charge in [-0.15, -0.1) is 0 Å². The molecular weight excluding hydrogens is 330 g/mol. The number of likely N-dealkylation sites (tertiary alicyclic amines) is 1. The molecule has 1 aliphatic heterocycles. The number of carbonyl (C=O) groups excluding carboxylic acids is 2. The van der Waals surface area contributed by atoms with Crippen LogP contribution in [0.5, 0.6) is 0 Å². The van der Waals surface area contributed by atoms with Gasteiger partial charge in [-0.2, -0.15) is 0 Å². The van der Waals surface area contributed by atoms with E-state index < -0.39 is 0 Å². The molecule has 2 amide bonds. The Morgan fingerprint density at radius 1 is 1.33 bits per heavy atom. The van der Waals surface area contributed by atoms with Crippen LogP contribution in [0.3, 0.4) is 0 Å². The van der Waals surface area contributed by atoms with Crippen LogP contribution in [0.4, 0.5) is 0 Å². The van der Waals surface area contributed by atoms with E-state index in [4.69, 9.17) is 21.9 Å². The molecule has 0 saturated carbocycles. The normalized spacial score (nSPS) is 20.8. The number of halogens is 1. The SMILES string of the molecule is C[C@@H]1CC[C@@H](C(N)=O)CN1C(=O)c1cc(-c2ccccc2Cl)on1. The zero-order chi connectivity index (χ0) is 17.3. The van der Waals surface area contributed by atoms with Crippen molar-refractivity contribution in [3.63, 3.8) is 0 Å². The van der Waals surface area contributed by atoms with Crippen LogP contribution < -0.4 is 5.73 Å². The monoisotopic (exact) mass is 347 g/mol. The molecule has 0 bridgehead atoms. The fourth-order valence-corrected chi connectivity index (χ4v) is 3.16. The van der Waals surface area contributed by atoms with E-state index in [-0.39, 0.29) is 29.5 Å². The summed E-state index contributed by atoms with van der Waals surface area (Å²) >= 11 is 6.14. The third-order valence-electron chi connectivity index (χ3n) is 4.41. The van der Waals surface area contributed by atoms with Crippen LogP contribution in [-0.4, -0.2) is 34.5 Å². The number of hydrogen-bond acceptors (Lipinski definition) is 4. The molecule has 2 heterocycles. The van der Waals surface area contributed by atoms with Crippen LogP contribution in [0.15, 0.2) is 34.9 Å². The van der Waals surface area contributed by atoms with E-state index in [1.54, 1.807) is 23.1 Å². The smallest absolute Gasteiger partial charge is 0.276 e. The lowest BCUT2D eigenvalue weighted by molar-refractivity contribution is -0.123. The zero-order valence-corrected chi connectivity index (χ0v) is 14.0. The highest BCUT2D eigenvalue weighted by Gasteiger charge is 2.33. The first-order chi connectivity index (χ1) is 11.5. The van der Waals surface area contributed by atoms with Crippen LogP contribution >= 0.6 is 11.6 Å². The summed E-state index contributed by atoms with van der Waals surface area (Å²) in [5.41, 5.74) is 6.25. The number of aromatic nitrogens is 1. The standard InChI is InChI=1S/C17H18ClN3O3/c1-10-6-7-11(16(19)22)9-21(10)17(23)14-8-15(24-20-14)12-4-2-3-5-13(12)18/h2-5,8,10-11H,6-7,9H2,1H3,(H2,19,22)/t10-,11-/m1/s1. The van der Waals surface area contributed by atoms with Gasteiger partial charge in [-0.25, -0.2) is 0 Å². The third-order valence-corrected chi connectivity index (χ3v) is 4.74. The van der Waals surface area contributed by atoms with Gasteiger partial charge in [0.25, 0.3) is 5.91 Å². The number of hydrogen-bond donors (Lipinski definition) is 1. The van der Waals surface area contributed by atoms with Gasteiger partial charge in [0.15, 0.2) is 11.5 Å². The molecule has 2 atom stereocenters. The van der Waals surface area contributed by atoms with Crippen molar-refractivity contribution < 1.29 is 14.1 Å². The summed E-state index contributed by atoms with van der Waals surface area (Å²) in [5.74, 6) is -0.535. The second-order valence-electron chi connectivity index (χ2n) is 6.04. The number of nitrogens with zero attached hydrogens (tertiary/aromatic N) is 2. The second kappa shape index (κ2) is 6.65. The maximum atomic E-state index is 12.7. The molecule has 1 aromatic carbocycles. The maximum Gasteiger partial charge on any atom is 0.276 e. The van der Waals surface area contributed by atoms with Gasteiger partial charge in [0.05, 0.1) is 10.9 Å². The number of amides is 2. The van der Waals surface area contributed by atoms with Gasteiger partial charge in [0.1, 0.15) is 0 Å². The van der Waals surface area contributed by atoms with E-state index in [1.165, 1.54) is 0 Å². The van der Waals surface area contributed by atoms with Crippen molar-refractivity contribution in [2.45, 2.75) is 25.8 Å². The lowest BCUT2D eigenvalue weighted by atomic mass is 9.92. The number of benzene rings is 1. The zero-order valence-electron chi connectivity index (χ0n) is 13.2. The Bertz CT molecular complexity index is 774. The van der Waals surface area contributed by atoms with E-state index in [2.05, 4.69) is 5.16 Å². The van der Waals surface area contributed by atoms with Crippen LogP contribution in [0.25, 0.3) is 11.3 Å². The molecule has 6 nitrogen and oxygen atoms in total. The average Bonchev–Trinajstić information content (AvgIpc) is 3.04. The highest BCUT2D eigenvalue weighted by Crippen LogP contribution is 2.29. The van der Waals surface area contributed by atoms with Crippen LogP contribution in [-0.2, 0) is 4.79 Å². The number of primary amides is 1. The first-order valence-corrected chi connectivity index (χ1v) is 8.17. The van der Waals surface area contributed by atoms with Crippen molar-refractivity contribution >= 4 is 23.4 Å². The van der Waals surface area contributed by atoms with Crippen LogP contribution in [0.2, 0.25) is 5.02 Å². The molecule has 1 saturated heterocycles. The van der Waals surface area contributed by atoms with E-state index in [9.17, 15) is 9.59 Å². The van der Waals surface area contributed by atoms with Crippen molar-refractivity contribution in [3.05, 3.63) is 41.0 Å². The van der Waals surface area contributed by atoms with Gasteiger partial charge >= 0.3 is 0 Å². The Morgan fingerprint density at radius 3 is 2.79 bits per heavy atom. The van der Waals surface area contributed by atoms with Gasteiger partial charge in [-0.1, -0.05) is 28.9 Å². The lowest BCUT2D eigenvalue weighted by Crippen LogP contribution is -2.48. The molecule has 0 unspecified atom stereocenters. The molecule has 1 aliphatic rings.